The predicted molar refractivity (Wildman–Crippen MR) is 100 cm³/mol. The third kappa shape index (κ3) is 5.22. The number of aryl methyl sites for hydroxylation is 1. The first-order valence-electron chi connectivity index (χ1n) is 7.84. The van der Waals surface area contributed by atoms with Crippen molar-refractivity contribution in [3.05, 3.63) is 52.8 Å². The van der Waals surface area contributed by atoms with Crippen molar-refractivity contribution >= 4 is 29.3 Å². The Morgan fingerprint density at radius 1 is 1.36 bits per heavy atom. The van der Waals surface area contributed by atoms with Crippen LogP contribution in [0.1, 0.15) is 25.0 Å². The first-order valence-corrected chi connectivity index (χ1v) is 8.22. The molecule has 0 radical (unpaired) electrons. The molecule has 25 heavy (non-hydrogen) atoms. The molecule has 0 spiro atoms. The molecular formula is C19H21ClN2O3. The number of nitrogens with one attached hydrogen (secondary N) is 1. The smallest absolute Gasteiger partial charge is 0.248 e. The van der Waals surface area contributed by atoms with E-state index in [0.29, 0.717) is 22.2 Å². The zero-order valence-corrected chi connectivity index (χ0v) is 15.4. The summed E-state index contributed by atoms with van der Waals surface area (Å²) in [5.41, 5.74) is 2.35. The van der Waals surface area contributed by atoms with Crippen LogP contribution in [0, 0.1) is 6.92 Å². The molecule has 132 valence electrons. The van der Waals surface area contributed by atoms with Gasteiger partial charge in [0.25, 0.3) is 0 Å². The summed E-state index contributed by atoms with van der Waals surface area (Å²) in [4.78, 5) is 16.1. The fraction of sp³-hybridized carbons (Fsp3) is 0.263. The van der Waals surface area contributed by atoms with E-state index < -0.39 is 0 Å². The number of aromatic nitrogens is 1. The van der Waals surface area contributed by atoms with E-state index in [4.69, 9.17) is 21.1 Å². The zero-order valence-electron chi connectivity index (χ0n) is 14.7. The van der Waals surface area contributed by atoms with Crippen molar-refractivity contribution in [2.24, 2.45) is 0 Å². The average Bonchev–Trinajstić information content (AvgIpc) is 2.56. The lowest BCUT2D eigenvalue weighted by atomic mass is 10.1. The lowest BCUT2D eigenvalue weighted by Gasteiger charge is -2.15. The molecule has 5 nitrogen and oxygen atoms in total. The van der Waals surface area contributed by atoms with Crippen LogP contribution < -0.4 is 14.8 Å². The number of rotatable bonds is 6. The highest BCUT2D eigenvalue weighted by Crippen LogP contribution is 2.37. The number of hydrogen-bond donors (Lipinski definition) is 1. The summed E-state index contributed by atoms with van der Waals surface area (Å²) < 4.78 is 11.0. The molecule has 0 saturated carbocycles. The monoisotopic (exact) mass is 360 g/mol. The van der Waals surface area contributed by atoms with Gasteiger partial charge in [0.15, 0.2) is 11.5 Å². The number of nitrogens with zero attached hydrogens (tertiary/aromatic N) is 1. The van der Waals surface area contributed by atoms with Crippen LogP contribution in [-0.4, -0.2) is 24.1 Å². The predicted octanol–water partition coefficient (Wildman–Crippen LogP) is 4.49. The summed E-state index contributed by atoms with van der Waals surface area (Å²) in [6, 6.07) is 5.32. The number of carbonyl (C=O) groups is 1. The molecule has 0 saturated heterocycles. The Hall–Kier alpha value is -2.53. The first-order chi connectivity index (χ1) is 11.9. The molecule has 0 aliphatic heterocycles. The van der Waals surface area contributed by atoms with Crippen LogP contribution in [0.25, 0.3) is 6.08 Å². The molecule has 2 aromatic rings. The summed E-state index contributed by atoms with van der Waals surface area (Å²) in [6.07, 6.45) is 6.35. The maximum Gasteiger partial charge on any atom is 0.248 e. The molecule has 0 aliphatic rings. The van der Waals surface area contributed by atoms with Crippen LogP contribution in [0.2, 0.25) is 5.02 Å². The van der Waals surface area contributed by atoms with E-state index in [-0.39, 0.29) is 12.0 Å². The van der Waals surface area contributed by atoms with Crippen molar-refractivity contribution in [2.75, 3.05) is 12.4 Å². The molecule has 0 bridgehead atoms. The maximum absolute atomic E-state index is 12.1. The summed E-state index contributed by atoms with van der Waals surface area (Å²) >= 11 is 6.28. The van der Waals surface area contributed by atoms with Gasteiger partial charge in [-0.2, -0.15) is 0 Å². The van der Waals surface area contributed by atoms with Crippen molar-refractivity contribution in [3.8, 4) is 11.5 Å². The first kappa shape index (κ1) is 18.8. The highest BCUT2D eigenvalue weighted by Gasteiger charge is 2.12. The molecular weight excluding hydrogens is 340 g/mol. The second kappa shape index (κ2) is 8.53. The summed E-state index contributed by atoms with van der Waals surface area (Å²) in [5, 5.41) is 3.21. The van der Waals surface area contributed by atoms with Gasteiger partial charge in [-0.15, -0.1) is 0 Å². The topological polar surface area (TPSA) is 60.5 Å². The standard InChI is InChI=1S/C19H21ClN2O3/c1-12(2)25-19-15(20)9-14(10-17(19)24-4)5-6-18(23)22-16-11-21-8-7-13(16)3/h5-12H,1-4H3,(H,22,23)/b6-5+. The van der Waals surface area contributed by atoms with E-state index in [1.165, 1.54) is 6.08 Å². The minimum atomic E-state index is -0.256. The van der Waals surface area contributed by atoms with Gasteiger partial charge in [-0.25, -0.2) is 0 Å². The second-order valence-electron chi connectivity index (χ2n) is 5.71. The van der Waals surface area contributed by atoms with Crippen LogP contribution in [-0.2, 0) is 4.79 Å². The summed E-state index contributed by atoms with van der Waals surface area (Å²) in [7, 11) is 1.55. The van der Waals surface area contributed by atoms with E-state index in [1.54, 1.807) is 37.7 Å². The average molecular weight is 361 g/mol. The highest BCUT2D eigenvalue weighted by atomic mass is 35.5. The van der Waals surface area contributed by atoms with E-state index in [0.717, 1.165) is 11.1 Å². The number of pyridine rings is 1. The molecule has 1 amide bonds. The largest absolute Gasteiger partial charge is 0.493 e. The van der Waals surface area contributed by atoms with Gasteiger partial charge in [0.05, 0.1) is 30.1 Å². The minimum absolute atomic E-state index is 0.0266. The van der Waals surface area contributed by atoms with Gasteiger partial charge in [-0.1, -0.05) is 11.6 Å². The molecule has 0 aliphatic carbocycles. The lowest BCUT2D eigenvalue weighted by Crippen LogP contribution is -2.09. The summed E-state index contributed by atoms with van der Waals surface area (Å²) in [5.74, 6) is 0.754. The number of benzene rings is 1. The minimum Gasteiger partial charge on any atom is -0.493 e. The third-order valence-corrected chi connectivity index (χ3v) is 3.61. The Kier molecular flexibility index (Phi) is 6.42. The SMILES string of the molecule is COc1cc(/C=C/C(=O)Nc2cnccc2C)cc(Cl)c1OC(C)C. The number of halogens is 1. The Morgan fingerprint density at radius 3 is 2.76 bits per heavy atom. The van der Waals surface area contributed by atoms with Crippen molar-refractivity contribution < 1.29 is 14.3 Å². The van der Waals surface area contributed by atoms with Crippen molar-refractivity contribution in [1.29, 1.82) is 0 Å². The van der Waals surface area contributed by atoms with Gasteiger partial charge in [-0.3, -0.25) is 9.78 Å². The normalized spacial score (nSPS) is 11.0. The molecule has 1 N–H and O–H groups in total. The van der Waals surface area contributed by atoms with Crippen molar-refractivity contribution in [2.45, 2.75) is 26.9 Å². The van der Waals surface area contributed by atoms with Gasteiger partial charge in [-0.05, 0) is 56.2 Å². The van der Waals surface area contributed by atoms with E-state index >= 15 is 0 Å². The molecule has 1 aromatic carbocycles. The van der Waals surface area contributed by atoms with Crippen LogP contribution in [0.15, 0.2) is 36.7 Å². The number of anilines is 1. The van der Waals surface area contributed by atoms with Crippen LogP contribution >= 0.6 is 11.6 Å². The Morgan fingerprint density at radius 2 is 2.12 bits per heavy atom. The number of carbonyl (C=O) groups excluding carboxylic acids is 1. The van der Waals surface area contributed by atoms with E-state index in [2.05, 4.69) is 10.3 Å². The van der Waals surface area contributed by atoms with Crippen LogP contribution in [0.4, 0.5) is 5.69 Å². The Bertz CT molecular complexity index is 788. The van der Waals surface area contributed by atoms with E-state index in [9.17, 15) is 4.79 Å². The van der Waals surface area contributed by atoms with Gasteiger partial charge < -0.3 is 14.8 Å². The molecule has 6 heteroatoms. The highest BCUT2D eigenvalue weighted by molar-refractivity contribution is 6.32. The molecule has 1 aromatic heterocycles. The molecule has 1 heterocycles. The van der Waals surface area contributed by atoms with Gasteiger partial charge in [0, 0.05) is 12.3 Å². The Labute approximate surface area is 152 Å². The zero-order chi connectivity index (χ0) is 18.4. The van der Waals surface area contributed by atoms with Crippen molar-refractivity contribution in [1.82, 2.24) is 4.98 Å². The van der Waals surface area contributed by atoms with Gasteiger partial charge in [0.2, 0.25) is 5.91 Å². The number of ether oxygens (including phenoxy) is 2. The van der Waals surface area contributed by atoms with Crippen LogP contribution in [0.5, 0.6) is 11.5 Å². The van der Waals surface area contributed by atoms with Crippen molar-refractivity contribution in [3.63, 3.8) is 0 Å². The number of amides is 1. The Balaban J connectivity index is 2.16. The van der Waals surface area contributed by atoms with Crippen LogP contribution in [0.3, 0.4) is 0 Å². The number of hydrogen-bond acceptors (Lipinski definition) is 4. The quantitative estimate of drug-likeness (QED) is 0.771. The fourth-order valence-corrected chi connectivity index (χ4v) is 2.39. The second-order valence-corrected chi connectivity index (χ2v) is 6.12. The van der Waals surface area contributed by atoms with Gasteiger partial charge in [0.1, 0.15) is 0 Å². The number of methoxy groups -OCH3 is 1. The molecule has 0 unspecified atom stereocenters. The molecule has 0 atom stereocenters. The summed E-state index contributed by atoms with van der Waals surface area (Å²) in [6.45, 7) is 5.72. The maximum atomic E-state index is 12.1. The fourth-order valence-electron chi connectivity index (χ4n) is 2.13. The molecule has 2 rings (SSSR count). The van der Waals surface area contributed by atoms with Gasteiger partial charge >= 0.3 is 0 Å². The third-order valence-electron chi connectivity index (χ3n) is 3.33. The molecule has 0 fully saturated rings. The van der Waals surface area contributed by atoms with E-state index in [1.807, 2.05) is 26.8 Å². The lowest BCUT2D eigenvalue weighted by molar-refractivity contribution is -0.111.